The molecule has 2 heterocycles. The number of aromatic nitrogens is 3. The summed E-state index contributed by atoms with van der Waals surface area (Å²) in [7, 11) is 1.94. The molecule has 5 nitrogen and oxygen atoms in total. The minimum atomic E-state index is 0.710. The number of piperidine rings is 1. The number of nitrogens with one attached hydrogen (secondary N) is 1. The van der Waals surface area contributed by atoms with E-state index in [-0.39, 0.29) is 0 Å². The second-order valence-corrected chi connectivity index (χ2v) is 6.91. The fourth-order valence-electron chi connectivity index (χ4n) is 4.01. The second kappa shape index (κ2) is 6.88. The van der Waals surface area contributed by atoms with Gasteiger partial charge >= 0.3 is 0 Å². The Balaban J connectivity index is 1.42. The van der Waals surface area contributed by atoms with Crippen molar-refractivity contribution in [3.8, 4) is 0 Å². The zero-order chi connectivity index (χ0) is 14.5. The normalized spacial score (nSPS) is 22.7. The molecule has 0 unspecified atom stereocenters. The molecule has 1 saturated heterocycles. The highest BCUT2D eigenvalue weighted by atomic mass is 15.4. The second-order valence-electron chi connectivity index (χ2n) is 6.91. The molecule has 0 amide bonds. The number of likely N-dealkylation sites (tertiary alicyclic amines) is 1. The first-order valence-corrected chi connectivity index (χ1v) is 8.56. The Hall–Kier alpha value is -0.940. The number of rotatable bonds is 5. The highest BCUT2D eigenvalue weighted by Gasteiger charge is 2.35. The Morgan fingerprint density at radius 1 is 1.10 bits per heavy atom. The van der Waals surface area contributed by atoms with Gasteiger partial charge in [0.2, 0.25) is 0 Å². The lowest BCUT2D eigenvalue weighted by molar-refractivity contribution is 0.0656. The van der Waals surface area contributed by atoms with Crippen LogP contribution in [-0.2, 0) is 13.1 Å². The van der Waals surface area contributed by atoms with Crippen molar-refractivity contribution in [2.24, 2.45) is 5.41 Å². The van der Waals surface area contributed by atoms with Crippen LogP contribution in [0.4, 0.5) is 0 Å². The molecule has 2 fully saturated rings. The molecule has 118 valence electrons. The Bertz CT molecular complexity index is 426. The lowest BCUT2D eigenvalue weighted by Gasteiger charge is -2.44. The third-order valence-corrected chi connectivity index (χ3v) is 5.42. The first-order chi connectivity index (χ1) is 10.3. The van der Waals surface area contributed by atoms with Crippen LogP contribution in [-0.4, -0.2) is 46.6 Å². The van der Waals surface area contributed by atoms with Gasteiger partial charge in [-0.25, -0.2) is 0 Å². The summed E-state index contributed by atoms with van der Waals surface area (Å²) < 4.78 is 1.98. The summed E-state index contributed by atoms with van der Waals surface area (Å²) in [6.45, 7) is 5.42. The van der Waals surface area contributed by atoms with Crippen LogP contribution in [0.1, 0.15) is 50.6 Å². The zero-order valence-corrected chi connectivity index (χ0v) is 13.4. The smallest absolute Gasteiger partial charge is 0.0964 e. The lowest BCUT2D eigenvalue weighted by atomic mass is 9.68. The van der Waals surface area contributed by atoms with Crippen LogP contribution in [0.25, 0.3) is 0 Å². The standard InChI is InChI=1S/C16H29N5/c1-17-13-15-14-21(19-18-15)12-11-20-9-7-16(8-10-20)5-3-2-4-6-16/h14,17H,2-13H2,1H3. The molecule has 0 bridgehead atoms. The quantitative estimate of drug-likeness (QED) is 0.902. The SMILES string of the molecule is CNCc1cn(CCN2CCC3(CCCCC3)CC2)nn1. The maximum Gasteiger partial charge on any atom is 0.0964 e. The van der Waals surface area contributed by atoms with E-state index in [9.17, 15) is 0 Å². The van der Waals surface area contributed by atoms with E-state index in [0.717, 1.165) is 25.3 Å². The van der Waals surface area contributed by atoms with Crippen LogP contribution in [0.5, 0.6) is 0 Å². The zero-order valence-electron chi connectivity index (χ0n) is 13.4. The maximum atomic E-state index is 4.20. The number of nitrogens with zero attached hydrogens (tertiary/aromatic N) is 4. The summed E-state index contributed by atoms with van der Waals surface area (Å²) in [6.07, 6.45) is 12.2. The fourth-order valence-corrected chi connectivity index (χ4v) is 4.01. The molecule has 1 spiro atoms. The first kappa shape index (κ1) is 15.0. The van der Waals surface area contributed by atoms with E-state index >= 15 is 0 Å². The van der Waals surface area contributed by atoms with Gasteiger partial charge < -0.3 is 10.2 Å². The fraction of sp³-hybridized carbons (Fsp3) is 0.875. The highest BCUT2D eigenvalue weighted by Crippen LogP contribution is 2.44. The molecule has 0 aromatic carbocycles. The molecule has 0 atom stereocenters. The molecule has 1 N–H and O–H groups in total. The van der Waals surface area contributed by atoms with Gasteiger partial charge in [-0.2, -0.15) is 0 Å². The van der Waals surface area contributed by atoms with Gasteiger partial charge in [0.05, 0.1) is 12.2 Å². The third kappa shape index (κ3) is 3.83. The predicted octanol–water partition coefficient (Wildman–Crippen LogP) is 2.04. The maximum absolute atomic E-state index is 4.20. The number of hydrogen-bond acceptors (Lipinski definition) is 4. The van der Waals surface area contributed by atoms with Crippen LogP contribution < -0.4 is 5.32 Å². The average Bonchev–Trinajstić information content (AvgIpc) is 2.96. The van der Waals surface area contributed by atoms with Crippen molar-refractivity contribution >= 4 is 0 Å². The first-order valence-electron chi connectivity index (χ1n) is 8.56. The number of hydrogen-bond donors (Lipinski definition) is 1. The van der Waals surface area contributed by atoms with Crippen LogP contribution in [0.3, 0.4) is 0 Å². The van der Waals surface area contributed by atoms with Gasteiger partial charge in [-0.05, 0) is 51.2 Å². The summed E-state index contributed by atoms with van der Waals surface area (Å²) >= 11 is 0. The van der Waals surface area contributed by atoms with Crippen LogP contribution in [0.15, 0.2) is 6.20 Å². The highest BCUT2D eigenvalue weighted by molar-refractivity contribution is 4.91. The van der Waals surface area contributed by atoms with Crippen molar-refractivity contribution in [3.05, 3.63) is 11.9 Å². The van der Waals surface area contributed by atoms with Gasteiger partial charge in [-0.3, -0.25) is 4.68 Å². The average molecular weight is 291 g/mol. The Kier molecular flexibility index (Phi) is 4.91. The summed E-state index contributed by atoms with van der Waals surface area (Å²) in [4.78, 5) is 2.61. The monoisotopic (exact) mass is 291 g/mol. The Morgan fingerprint density at radius 2 is 1.86 bits per heavy atom. The Labute approximate surface area is 128 Å². The Morgan fingerprint density at radius 3 is 2.57 bits per heavy atom. The molecule has 1 aliphatic heterocycles. The van der Waals surface area contributed by atoms with Crippen molar-refractivity contribution < 1.29 is 0 Å². The van der Waals surface area contributed by atoms with Crippen LogP contribution in [0.2, 0.25) is 0 Å². The van der Waals surface area contributed by atoms with E-state index in [1.54, 1.807) is 0 Å². The summed E-state index contributed by atoms with van der Waals surface area (Å²) in [5.41, 5.74) is 1.74. The largest absolute Gasteiger partial charge is 0.314 e. The molecule has 1 aromatic rings. The summed E-state index contributed by atoms with van der Waals surface area (Å²) in [5.74, 6) is 0. The van der Waals surface area contributed by atoms with Crippen molar-refractivity contribution in [3.63, 3.8) is 0 Å². The van der Waals surface area contributed by atoms with Gasteiger partial charge in [0.15, 0.2) is 0 Å². The molecule has 1 saturated carbocycles. The minimum Gasteiger partial charge on any atom is -0.314 e. The van der Waals surface area contributed by atoms with Gasteiger partial charge in [-0.1, -0.05) is 24.5 Å². The van der Waals surface area contributed by atoms with E-state index < -0.39 is 0 Å². The van der Waals surface area contributed by atoms with Gasteiger partial charge in [0.1, 0.15) is 0 Å². The van der Waals surface area contributed by atoms with E-state index in [1.807, 2.05) is 11.7 Å². The molecule has 2 aliphatic rings. The molecule has 3 rings (SSSR count). The van der Waals surface area contributed by atoms with Crippen molar-refractivity contribution in [2.45, 2.75) is 58.0 Å². The van der Waals surface area contributed by atoms with E-state index in [2.05, 4.69) is 26.7 Å². The summed E-state index contributed by atoms with van der Waals surface area (Å²) in [6, 6.07) is 0. The van der Waals surface area contributed by atoms with E-state index in [4.69, 9.17) is 0 Å². The van der Waals surface area contributed by atoms with E-state index in [0.29, 0.717) is 5.41 Å². The van der Waals surface area contributed by atoms with Gasteiger partial charge in [0, 0.05) is 19.3 Å². The van der Waals surface area contributed by atoms with Crippen LogP contribution in [0, 0.1) is 5.41 Å². The lowest BCUT2D eigenvalue weighted by Crippen LogP contribution is -2.42. The predicted molar refractivity (Wildman–Crippen MR) is 84.0 cm³/mol. The molecule has 1 aliphatic carbocycles. The van der Waals surface area contributed by atoms with Gasteiger partial charge in [0.25, 0.3) is 0 Å². The molecule has 0 radical (unpaired) electrons. The molecule has 1 aromatic heterocycles. The molecular weight excluding hydrogens is 262 g/mol. The van der Waals surface area contributed by atoms with Crippen molar-refractivity contribution in [1.29, 1.82) is 0 Å². The molecule has 5 heteroatoms. The van der Waals surface area contributed by atoms with Gasteiger partial charge in [-0.15, -0.1) is 5.10 Å². The van der Waals surface area contributed by atoms with E-state index in [1.165, 1.54) is 58.0 Å². The molecule has 21 heavy (non-hydrogen) atoms. The third-order valence-electron chi connectivity index (χ3n) is 5.42. The van der Waals surface area contributed by atoms with Crippen molar-refractivity contribution in [2.75, 3.05) is 26.7 Å². The van der Waals surface area contributed by atoms with Crippen molar-refractivity contribution in [1.82, 2.24) is 25.2 Å². The van der Waals surface area contributed by atoms with Crippen LogP contribution >= 0.6 is 0 Å². The topological polar surface area (TPSA) is 46.0 Å². The molecular formula is C16H29N5. The minimum absolute atomic E-state index is 0.710. The summed E-state index contributed by atoms with van der Waals surface area (Å²) in [5, 5.41) is 11.5.